The number of nitrogens with one attached hydrogen (secondary N) is 2. The minimum Gasteiger partial charge on any atom is -0.494 e. The summed E-state index contributed by atoms with van der Waals surface area (Å²) in [5.74, 6) is -4.72. The molecule has 0 spiro atoms. The van der Waals surface area contributed by atoms with Crippen molar-refractivity contribution in [2.45, 2.75) is 18.5 Å². The fourth-order valence-corrected chi connectivity index (χ4v) is 3.38. The Kier molecular flexibility index (Phi) is 12.8. The van der Waals surface area contributed by atoms with E-state index < -0.39 is 36.0 Å². The zero-order valence-corrected chi connectivity index (χ0v) is 23.3. The van der Waals surface area contributed by atoms with E-state index in [9.17, 15) is 39.5 Å². The lowest BCUT2D eigenvalue weighted by Gasteiger charge is -2.29. The fourth-order valence-electron chi connectivity index (χ4n) is 3.38. The predicted molar refractivity (Wildman–Crippen MR) is 143 cm³/mol. The van der Waals surface area contributed by atoms with E-state index in [1.54, 1.807) is 25.4 Å². The van der Waals surface area contributed by atoms with Crippen LogP contribution < -0.4 is 20.3 Å². The van der Waals surface area contributed by atoms with E-state index in [-0.39, 0.29) is 11.5 Å². The summed E-state index contributed by atoms with van der Waals surface area (Å²) < 4.78 is 115. The number of nitrogens with zero attached hydrogens (tertiary/aromatic N) is 3. The number of aliphatic carboxylic acids is 2. The van der Waals surface area contributed by atoms with Crippen molar-refractivity contribution in [3.8, 4) is 5.75 Å². The van der Waals surface area contributed by atoms with Gasteiger partial charge in [0.25, 0.3) is 0 Å². The summed E-state index contributed by atoms with van der Waals surface area (Å²) in [6.07, 6.45) is -10.9. The van der Waals surface area contributed by atoms with Crippen molar-refractivity contribution in [2.24, 2.45) is 0 Å². The maximum atomic E-state index is 13.5. The smallest absolute Gasteiger partial charge is 0.490 e. The summed E-state index contributed by atoms with van der Waals surface area (Å²) in [7, 11) is 1.54. The number of benzene rings is 1. The van der Waals surface area contributed by atoms with Gasteiger partial charge in [-0.2, -0.15) is 39.5 Å². The van der Waals surface area contributed by atoms with Crippen molar-refractivity contribution < 1.29 is 68.8 Å². The molecule has 2 aromatic heterocycles. The van der Waals surface area contributed by atoms with Crippen molar-refractivity contribution in [2.75, 3.05) is 48.9 Å². The highest BCUT2D eigenvalue weighted by molar-refractivity contribution is 5.74. The number of carbonyl (C=O) groups is 2. The number of alkyl halides is 9. The largest absolute Gasteiger partial charge is 0.494 e. The van der Waals surface area contributed by atoms with Gasteiger partial charge >= 0.3 is 30.5 Å². The van der Waals surface area contributed by atoms with Gasteiger partial charge in [0.15, 0.2) is 0 Å². The van der Waals surface area contributed by atoms with Crippen LogP contribution in [0.15, 0.2) is 55.0 Å². The van der Waals surface area contributed by atoms with E-state index in [4.69, 9.17) is 29.3 Å². The molecular formula is C26H24F9N5O6. The minimum atomic E-state index is -5.08. The Balaban J connectivity index is 0.000000440. The molecule has 252 valence electrons. The second kappa shape index (κ2) is 15.8. The molecule has 3 heterocycles. The molecule has 1 saturated heterocycles. The average Bonchev–Trinajstić information content (AvgIpc) is 2.97. The van der Waals surface area contributed by atoms with Gasteiger partial charge in [-0.05, 0) is 24.3 Å². The van der Waals surface area contributed by atoms with Crippen LogP contribution >= 0.6 is 0 Å². The Morgan fingerprint density at radius 2 is 1.46 bits per heavy atom. The molecule has 3 aromatic rings. The second-order valence-electron chi connectivity index (χ2n) is 8.69. The maximum absolute atomic E-state index is 13.5. The minimum absolute atomic E-state index is 0.132. The first-order valence-corrected chi connectivity index (χ1v) is 12.4. The van der Waals surface area contributed by atoms with Crippen LogP contribution in [0.2, 0.25) is 0 Å². The van der Waals surface area contributed by atoms with E-state index in [0.717, 1.165) is 25.0 Å². The highest BCUT2D eigenvalue weighted by Gasteiger charge is 2.39. The molecule has 11 nitrogen and oxygen atoms in total. The van der Waals surface area contributed by atoms with Crippen molar-refractivity contribution >= 4 is 40.5 Å². The van der Waals surface area contributed by atoms with Gasteiger partial charge in [0, 0.05) is 43.3 Å². The number of hydrogen-bond acceptors (Lipinski definition) is 9. The topological polar surface area (TPSA) is 146 Å². The number of rotatable bonds is 6. The van der Waals surface area contributed by atoms with Crippen LogP contribution in [-0.2, 0) is 20.5 Å². The molecule has 1 aromatic carbocycles. The van der Waals surface area contributed by atoms with Gasteiger partial charge in [-0.25, -0.2) is 14.6 Å². The van der Waals surface area contributed by atoms with Gasteiger partial charge in [-0.1, -0.05) is 0 Å². The van der Waals surface area contributed by atoms with Crippen LogP contribution in [0.1, 0.15) is 5.56 Å². The van der Waals surface area contributed by atoms with Crippen LogP contribution in [0.4, 0.5) is 68.1 Å². The molecule has 0 aliphatic carbocycles. The van der Waals surface area contributed by atoms with E-state index in [2.05, 4.69) is 25.5 Å². The van der Waals surface area contributed by atoms with Crippen LogP contribution in [0.25, 0.3) is 0 Å². The molecule has 0 radical (unpaired) electrons. The fraction of sp³-hybridized carbons (Fsp3) is 0.308. The Morgan fingerprint density at radius 1 is 0.870 bits per heavy atom. The third-order valence-corrected chi connectivity index (χ3v) is 5.46. The molecule has 46 heavy (non-hydrogen) atoms. The first kappa shape index (κ1) is 37.2. The number of carboxylic acid groups (broad SMARTS) is 2. The van der Waals surface area contributed by atoms with Gasteiger partial charge in [0.05, 0.1) is 49.1 Å². The molecule has 1 fully saturated rings. The molecule has 1 aliphatic heterocycles. The van der Waals surface area contributed by atoms with Crippen LogP contribution in [0.3, 0.4) is 0 Å². The monoisotopic (exact) mass is 673 g/mol. The van der Waals surface area contributed by atoms with Crippen molar-refractivity contribution in [1.82, 2.24) is 9.97 Å². The normalized spacial score (nSPS) is 13.3. The van der Waals surface area contributed by atoms with Gasteiger partial charge in [-0.3, -0.25) is 4.98 Å². The Morgan fingerprint density at radius 3 is 1.93 bits per heavy atom. The lowest BCUT2D eigenvalue weighted by atomic mass is 10.2. The summed E-state index contributed by atoms with van der Waals surface area (Å²) in [5.41, 5.74) is 0.995. The Labute approximate surface area is 253 Å². The molecule has 0 unspecified atom stereocenters. The number of ether oxygens (including phenoxy) is 2. The number of methoxy groups -OCH3 is 1. The lowest BCUT2D eigenvalue weighted by Crippen LogP contribution is -2.36. The number of carboxylic acids is 2. The standard InChI is InChI=1S/C22H22F3N5O2.2C2HF3O2/c1-31-20-11-16(30-7-9-32-10-8-30)4-5-18(20)29-21-12-19(17(14-27-21)22(23,24)25)28-15-3-2-6-26-13-15;2*3-2(4,5)1(6)7/h2-6,11-14H,7-10H2,1H3,(H2,27,28,29);2*(H,6,7). The van der Waals surface area contributed by atoms with E-state index in [0.29, 0.717) is 30.3 Å². The number of anilines is 5. The highest BCUT2D eigenvalue weighted by atomic mass is 19.4. The van der Waals surface area contributed by atoms with Gasteiger partial charge < -0.3 is 35.2 Å². The van der Waals surface area contributed by atoms with Crippen molar-refractivity contribution in [3.05, 3.63) is 60.6 Å². The molecule has 4 N–H and O–H groups in total. The lowest BCUT2D eigenvalue weighted by molar-refractivity contribution is -0.193. The number of pyridine rings is 2. The predicted octanol–water partition coefficient (Wildman–Crippen LogP) is 6.09. The first-order chi connectivity index (χ1) is 21.3. The third-order valence-electron chi connectivity index (χ3n) is 5.46. The number of aromatic nitrogens is 2. The van der Waals surface area contributed by atoms with Crippen molar-refractivity contribution in [3.63, 3.8) is 0 Å². The summed E-state index contributed by atoms with van der Waals surface area (Å²) >= 11 is 0. The molecule has 1 aliphatic rings. The van der Waals surface area contributed by atoms with Gasteiger partial charge in [0.1, 0.15) is 11.6 Å². The zero-order chi connectivity index (χ0) is 34.7. The summed E-state index contributed by atoms with van der Waals surface area (Å²) in [5, 5.41) is 20.1. The molecule has 0 bridgehead atoms. The van der Waals surface area contributed by atoms with E-state index >= 15 is 0 Å². The Hall–Kier alpha value is -5.01. The second-order valence-corrected chi connectivity index (χ2v) is 8.69. The quantitative estimate of drug-likeness (QED) is 0.226. The summed E-state index contributed by atoms with van der Waals surface area (Å²) in [6, 6.07) is 10.2. The van der Waals surface area contributed by atoms with Crippen LogP contribution in [0, 0.1) is 0 Å². The summed E-state index contributed by atoms with van der Waals surface area (Å²) in [4.78, 5) is 27.9. The molecular weight excluding hydrogens is 649 g/mol. The molecule has 20 heteroatoms. The number of halogens is 9. The number of hydrogen-bond donors (Lipinski definition) is 4. The van der Waals surface area contributed by atoms with Gasteiger partial charge in [-0.15, -0.1) is 0 Å². The molecule has 0 amide bonds. The van der Waals surface area contributed by atoms with Crippen LogP contribution in [0.5, 0.6) is 5.75 Å². The van der Waals surface area contributed by atoms with Crippen molar-refractivity contribution in [1.29, 1.82) is 0 Å². The highest BCUT2D eigenvalue weighted by Crippen LogP contribution is 2.38. The molecule has 0 atom stereocenters. The average molecular weight is 673 g/mol. The third kappa shape index (κ3) is 11.8. The molecule has 0 saturated carbocycles. The van der Waals surface area contributed by atoms with Crippen LogP contribution in [-0.4, -0.2) is 77.9 Å². The number of morpholine rings is 1. The Bertz CT molecular complexity index is 1420. The zero-order valence-electron chi connectivity index (χ0n) is 23.3. The maximum Gasteiger partial charge on any atom is 0.490 e. The van der Waals surface area contributed by atoms with E-state index in [1.165, 1.54) is 12.3 Å². The SMILES string of the molecule is COc1cc(N2CCOCC2)ccc1Nc1cc(Nc2cccnc2)c(C(F)(F)F)cn1.O=C(O)C(F)(F)F.O=C(O)C(F)(F)F. The first-order valence-electron chi connectivity index (χ1n) is 12.4. The summed E-state index contributed by atoms with van der Waals surface area (Å²) in [6.45, 7) is 2.87. The van der Waals surface area contributed by atoms with Gasteiger partial charge in [0.2, 0.25) is 0 Å². The molecule has 4 rings (SSSR count). The van der Waals surface area contributed by atoms with E-state index in [1.807, 2.05) is 18.2 Å².